The summed E-state index contributed by atoms with van der Waals surface area (Å²) in [5.41, 5.74) is 7.72. The van der Waals surface area contributed by atoms with E-state index in [1.54, 1.807) is 0 Å². The zero-order chi connectivity index (χ0) is 12.8. The molecule has 0 spiro atoms. The second-order valence-corrected chi connectivity index (χ2v) is 4.82. The number of halogens is 1. The molecule has 0 amide bonds. The van der Waals surface area contributed by atoms with E-state index in [0.717, 1.165) is 12.0 Å². The van der Waals surface area contributed by atoms with E-state index >= 15 is 0 Å². The molecule has 2 N–H and O–H groups in total. The van der Waals surface area contributed by atoms with Crippen molar-refractivity contribution in [1.82, 2.24) is 0 Å². The molecule has 0 aliphatic heterocycles. The third-order valence-corrected chi connectivity index (χ3v) is 2.89. The maximum atomic E-state index is 6.17. The van der Waals surface area contributed by atoms with Crippen LogP contribution in [0.3, 0.4) is 0 Å². The molecule has 1 atom stereocenters. The Morgan fingerprint density at radius 3 is 2.76 bits per heavy atom. The molecular weight excluding hydrogens is 234 g/mol. The van der Waals surface area contributed by atoms with Crippen LogP contribution in [-0.2, 0) is 0 Å². The fraction of sp³-hybridized carbons (Fsp3) is 0.429. The third-order valence-electron chi connectivity index (χ3n) is 2.60. The van der Waals surface area contributed by atoms with E-state index in [9.17, 15) is 0 Å². The van der Waals surface area contributed by atoms with Gasteiger partial charge in [-0.15, -0.1) is 0 Å². The van der Waals surface area contributed by atoms with Crippen LogP contribution < -0.4 is 10.5 Å². The van der Waals surface area contributed by atoms with Gasteiger partial charge in [0.1, 0.15) is 12.4 Å². The minimum atomic E-state index is 0.424. The van der Waals surface area contributed by atoms with E-state index in [0.29, 0.717) is 29.8 Å². The van der Waals surface area contributed by atoms with Crippen LogP contribution in [0.5, 0.6) is 5.75 Å². The van der Waals surface area contributed by atoms with Crippen molar-refractivity contribution in [2.45, 2.75) is 26.2 Å². The van der Waals surface area contributed by atoms with E-state index in [-0.39, 0.29) is 0 Å². The van der Waals surface area contributed by atoms with Gasteiger partial charge in [-0.05, 0) is 49.1 Å². The maximum absolute atomic E-state index is 6.17. The standard InChI is InChI=1S/C14H20ClNO/c1-10(2)9-17-14-5-4-12(8-13(14)15)11(3)6-7-16/h4-5,8,11H,1,6-7,9,16H2,2-3H3. The van der Waals surface area contributed by atoms with Crippen molar-refractivity contribution >= 4 is 11.6 Å². The van der Waals surface area contributed by atoms with Gasteiger partial charge in [-0.25, -0.2) is 0 Å². The van der Waals surface area contributed by atoms with Crippen LogP contribution >= 0.6 is 11.6 Å². The average molecular weight is 254 g/mol. The fourth-order valence-corrected chi connectivity index (χ4v) is 1.80. The highest BCUT2D eigenvalue weighted by atomic mass is 35.5. The molecule has 0 fully saturated rings. The Kier molecular flexibility index (Phi) is 5.52. The second kappa shape index (κ2) is 6.67. The Balaban J connectivity index is 2.75. The van der Waals surface area contributed by atoms with Crippen molar-refractivity contribution < 1.29 is 4.74 Å². The molecule has 1 aromatic rings. The summed E-state index contributed by atoms with van der Waals surface area (Å²) in [6.45, 7) is 9.04. The molecule has 0 heterocycles. The lowest BCUT2D eigenvalue weighted by atomic mass is 9.98. The van der Waals surface area contributed by atoms with Gasteiger partial charge in [-0.3, -0.25) is 0 Å². The summed E-state index contributed by atoms with van der Waals surface area (Å²) in [6.07, 6.45) is 0.961. The predicted molar refractivity (Wildman–Crippen MR) is 73.8 cm³/mol. The van der Waals surface area contributed by atoms with Gasteiger partial charge in [0.05, 0.1) is 5.02 Å². The first-order chi connectivity index (χ1) is 8.04. The summed E-state index contributed by atoms with van der Waals surface area (Å²) in [4.78, 5) is 0. The zero-order valence-electron chi connectivity index (χ0n) is 10.5. The molecule has 0 radical (unpaired) electrons. The van der Waals surface area contributed by atoms with Crippen LogP contribution in [0.15, 0.2) is 30.4 Å². The molecule has 3 heteroatoms. The number of rotatable bonds is 6. The van der Waals surface area contributed by atoms with E-state index in [4.69, 9.17) is 22.1 Å². The molecule has 0 saturated carbocycles. The van der Waals surface area contributed by atoms with Crippen LogP contribution in [-0.4, -0.2) is 13.2 Å². The maximum Gasteiger partial charge on any atom is 0.138 e. The molecular formula is C14H20ClNO. The van der Waals surface area contributed by atoms with Crippen molar-refractivity contribution in [3.05, 3.63) is 40.9 Å². The number of nitrogens with two attached hydrogens (primary N) is 1. The molecule has 0 aliphatic rings. The van der Waals surface area contributed by atoms with Gasteiger partial charge in [0.2, 0.25) is 0 Å². The average Bonchev–Trinajstić information content (AvgIpc) is 2.27. The lowest BCUT2D eigenvalue weighted by molar-refractivity contribution is 0.353. The van der Waals surface area contributed by atoms with Crippen molar-refractivity contribution in [2.75, 3.05) is 13.2 Å². The van der Waals surface area contributed by atoms with E-state index < -0.39 is 0 Å². The number of ether oxygens (including phenoxy) is 1. The molecule has 1 aromatic carbocycles. The van der Waals surface area contributed by atoms with Crippen molar-refractivity contribution in [2.24, 2.45) is 5.73 Å². The number of hydrogen-bond acceptors (Lipinski definition) is 2. The van der Waals surface area contributed by atoms with Gasteiger partial charge >= 0.3 is 0 Å². The predicted octanol–water partition coefficient (Wildman–Crippen LogP) is 3.75. The highest BCUT2D eigenvalue weighted by Gasteiger charge is 2.08. The second-order valence-electron chi connectivity index (χ2n) is 4.41. The highest BCUT2D eigenvalue weighted by molar-refractivity contribution is 6.32. The Bertz CT molecular complexity index is 390. The third kappa shape index (κ3) is 4.41. The van der Waals surface area contributed by atoms with Gasteiger partial charge in [0.25, 0.3) is 0 Å². The molecule has 17 heavy (non-hydrogen) atoms. The molecule has 0 bridgehead atoms. The highest BCUT2D eigenvalue weighted by Crippen LogP contribution is 2.29. The largest absolute Gasteiger partial charge is 0.488 e. The Labute approximate surface area is 108 Å². The molecule has 0 aliphatic carbocycles. The fourth-order valence-electron chi connectivity index (χ4n) is 1.56. The smallest absolute Gasteiger partial charge is 0.138 e. The lowest BCUT2D eigenvalue weighted by Crippen LogP contribution is -2.05. The SMILES string of the molecule is C=C(C)COc1ccc(C(C)CCN)cc1Cl. The normalized spacial score (nSPS) is 12.2. The van der Waals surface area contributed by atoms with E-state index in [1.165, 1.54) is 5.56 Å². The minimum absolute atomic E-state index is 0.424. The number of benzene rings is 1. The van der Waals surface area contributed by atoms with Crippen LogP contribution in [0.1, 0.15) is 31.7 Å². The summed E-state index contributed by atoms with van der Waals surface area (Å²) in [5, 5.41) is 0.646. The van der Waals surface area contributed by atoms with Crippen molar-refractivity contribution in [3.63, 3.8) is 0 Å². The van der Waals surface area contributed by atoms with Gasteiger partial charge < -0.3 is 10.5 Å². The Hall–Kier alpha value is -0.990. The van der Waals surface area contributed by atoms with Crippen molar-refractivity contribution in [1.29, 1.82) is 0 Å². The van der Waals surface area contributed by atoms with E-state index in [1.807, 2.05) is 25.1 Å². The van der Waals surface area contributed by atoms with Gasteiger partial charge in [-0.2, -0.15) is 0 Å². The molecule has 0 aromatic heterocycles. The molecule has 2 nitrogen and oxygen atoms in total. The molecule has 94 valence electrons. The van der Waals surface area contributed by atoms with Crippen LogP contribution in [0, 0.1) is 0 Å². The summed E-state index contributed by atoms with van der Waals surface area (Å²) < 4.78 is 5.54. The van der Waals surface area contributed by atoms with Crippen LogP contribution in [0.25, 0.3) is 0 Å². The summed E-state index contributed by atoms with van der Waals surface area (Å²) in [6, 6.07) is 5.91. The first-order valence-electron chi connectivity index (χ1n) is 5.81. The Morgan fingerprint density at radius 1 is 1.53 bits per heavy atom. The Morgan fingerprint density at radius 2 is 2.24 bits per heavy atom. The summed E-state index contributed by atoms with van der Waals surface area (Å²) in [5.74, 6) is 1.13. The quantitative estimate of drug-likeness (QED) is 0.784. The lowest BCUT2D eigenvalue weighted by Gasteiger charge is -2.13. The molecule has 0 saturated heterocycles. The molecule has 1 rings (SSSR count). The summed E-state index contributed by atoms with van der Waals surface area (Å²) in [7, 11) is 0. The minimum Gasteiger partial charge on any atom is -0.488 e. The van der Waals surface area contributed by atoms with Gasteiger partial charge in [-0.1, -0.05) is 31.2 Å². The monoisotopic (exact) mass is 253 g/mol. The summed E-state index contributed by atoms with van der Waals surface area (Å²) >= 11 is 6.17. The number of hydrogen-bond donors (Lipinski definition) is 1. The van der Waals surface area contributed by atoms with E-state index in [2.05, 4.69) is 13.5 Å². The van der Waals surface area contributed by atoms with Crippen LogP contribution in [0.4, 0.5) is 0 Å². The van der Waals surface area contributed by atoms with Crippen LogP contribution in [0.2, 0.25) is 5.02 Å². The first kappa shape index (κ1) is 14.1. The van der Waals surface area contributed by atoms with Crippen molar-refractivity contribution in [3.8, 4) is 5.75 Å². The van der Waals surface area contributed by atoms with Gasteiger partial charge in [0, 0.05) is 0 Å². The van der Waals surface area contributed by atoms with Gasteiger partial charge in [0.15, 0.2) is 0 Å². The first-order valence-corrected chi connectivity index (χ1v) is 6.19. The zero-order valence-corrected chi connectivity index (χ0v) is 11.3. The topological polar surface area (TPSA) is 35.2 Å². The molecule has 1 unspecified atom stereocenters.